The van der Waals surface area contributed by atoms with Gasteiger partial charge in [-0.25, -0.2) is 33.7 Å². The molecule has 0 bridgehead atoms. The molecule has 0 saturated heterocycles. The lowest BCUT2D eigenvalue weighted by Gasteiger charge is -2.28. The van der Waals surface area contributed by atoms with Crippen molar-refractivity contribution in [2.75, 3.05) is 25.5 Å². The molecule has 3 amide bonds. The molecule has 1 atom stereocenters. The van der Waals surface area contributed by atoms with E-state index in [1.165, 1.54) is 48.5 Å². The van der Waals surface area contributed by atoms with Crippen molar-refractivity contribution in [3.05, 3.63) is 101 Å². The number of ether oxygens (including phenoxy) is 2. The monoisotopic (exact) mass is 649 g/mol. The van der Waals surface area contributed by atoms with E-state index in [1.54, 1.807) is 42.6 Å². The van der Waals surface area contributed by atoms with Crippen molar-refractivity contribution in [1.29, 1.82) is 5.26 Å². The lowest BCUT2D eigenvalue weighted by atomic mass is 10.1. The molecule has 0 aliphatic heterocycles. The maximum absolute atomic E-state index is 13.8. The number of carbonyl (C=O) groups excluding carboxylic acids is 2. The number of halogens is 3. The molecule has 0 saturated carbocycles. The Morgan fingerprint density at radius 3 is 2.67 bits per heavy atom. The van der Waals surface area contributed by atoms with E-state index in [0.717, 1.165) is 0 Å². The quantitative estimate of drug-likeness (QED) is 0.0577. The number of para-hydroxylation sites is 1. The summed E-state index contributed by atoms with van der Waals surface area (Å²) in [6.07, 6.45) is 3.19. The number of fused-ring (bicyclic) bond motifs is 1. The van der Waals surface area contributed by atoms with Crippen LogP contribution < -0.4 is 20.7 Å². The van der Waals surface area contributed by atoms with E-state index in [0.29, 0.717) is 34.9 Å². The first-order valence-corrected chi connectivity index (χ1v) is 14.5. The predicted molar refractivity (Wildman–Crippen MR) is 169 cm³/mol. The topological polar surface area (TPSA) is 141 Å². The maximum Gasteiger partial charge on any atom is 0.412 e. The number of nitrogens with one attached hydrogen (secondary N) is 3. The van der Waals surface area contributed by atoms with E-state index in [-0.39, 0.29) is 36.6 Å². The van der Waals surface area contributed by atoms with Gasteiger partial charge in [-0.1, -0.05) is 41.9 Å². The molecule has 0 radical (unpaired) electrons. The number of likely N-dealkylation sites (N-methyl/N-ethyl adjacent to an activating group) is 1. The second kappa shape index (κ2) is 16.6. The summed E-state index contributed by atoms with van der Waals surface area (Å²) in [5, 5.41) is 17.8. The number of hydrogen-bond donors (Lipinski definition) is 3. The summed E-state index contributed by atoms with van der Waals surface area (Å²) < 4.78 is 38.5. The summed E-state index contributed by atoms with van der Waals surface area (Å²) in [5.74, 6) is -0.389. The molecule has 14 heteroatoms. The average molecular weight is 650 g/mol. The zero-order chi connectivity index (χ0) is 32.9. The Labute approximate surface area is 268 Å². The predicted octanol–water partition coefficient (Wildman–Crippen LogP) is 6.21. The minimum absolute atomic E-state index is 0.00159. The highest BCUT2D eigenvalue weighted by atomic mass is 35.5. The van der Waals surface area contributed by atoms with Crippen LogP contribution >= 0.6 is 11.6 Å². The van der Waals surface area contributed by atoms with Crippen LogP contribution in [-0.4, -0.2) is 54.3 Å². The first kappa shape index (κ1) is 33.4. The smallest absolute Gasteiger partial charge is 0.412 e. The summed E-state index contributed by atoms with van der Waals surface area (Å²) in [6, 6.07) is 17.7. The van der Waals surface area contributed by atoms with Gasteiger partial charge in [0.05, 0.1) is 11.1 Å². The first-order chi connectivity index (χ1) is 22.2. The van der Waals surface area contributed by atoms with Crippen molar-refractivity contribution >= 4 is 46.3 Å². The van der Waals surface area contributed by atoms with Crippen molar-refractivity contribution in [3.8, 4) is 11.9 Å². The fraction of sp³-hybridized carbons (Fsp3) is 0.219. The van der Waals surface area contributed by atoms with Crippen molar-refractivity contribution in [2.24, 2.45) is 4.99 Å². The van der Waals surface area contributed by atoms with Gasteiger partial charge in [0, 0.05) is 31.7 Å². The number of aromatic nitrogens is 1. The fourth-order valence-electron chi connectivity index (χ4n) is 4.28. The third-order valence-electron chi connectivity index (χ3n) is 6.72. The Bertz CT molecular complexity index is 1740. The average Bonchev–Trinajstić information content (AvgIpc) is 3.05. The fourth-order valence-corrected chi connectivity index (χ4v) is 4.47. The molecule has 4 aromatic rings. The Kier molecular flexibility index (Phi) is 12.0. The normalized spacial score (nSPS) is 11.7. The Balaban J connectivity index is 1.39. The van der Waals surface area contributed by atoms with Crippen molar-refractivity contribution < 1.29 is 27.8 Å². The molecule has 3 aromatic carbocycles. The molecule has 238 valence electrons. The molecular weight excluding hydrogens is 620 g/mol. The van der Waals surface area contributed by atoms with Crippen LogP contribution in [0, 0.1) is 23.1 Å². The van der Waals surface area contributed by atoms with Crippen LogP contribution in [0.4, 0.5) is 24.2 Å². The number of amidine groups is 1. The number of hydrogen-bond acceptors (Lipinski definition) is 7. The standard InChI is InChI=1S/C32H30ClF2N7O4/c1-42(31(43)39-18-22-7-5-11-27(35)29(22)33)25(8-6-14-37-30(40-20-36)46-26-9-3-2-4-10-26)19-45-32(44)41-28-16-23-15-24(34)13-12-21(23)17-38-28/h2-5,7,9-13,15-17,25H,6,8,14,18-19H2,1H3,(H,37,40)(H,39,43)(H,38,41,44)/t25-/m0/s1. The number of anilines is 1. The highest BCUT2D eigenvalue weighted by Gasteiger charge is 2.22. The highest BCUT2D eigenvalue weighted by Crippen LogP contribution is 2.20. The van der Waals surface area contributed by atoms with Gasteiger partial charge < -0.3 is 19.7 Å². The van der Waals surface area contributed by atoms with Crippen LogP contribution in [0.5, 0.6) is 5.75 Å². The van der Waals surface area contributed by atoms with Gasteiger partial charge in [0.15, 0.2) is 6.19 Å². The second-order valence-electron chi connectivity index (χ2n) is 9.90. The maximum atomic E-state index is 13.8. The SMILES string of the molecule is CN(C(=O)NCc1cccc(F)c1Cl)[C@@H](CCCN=C(NC#N)Oc1ccccc1)COC(=O)Nc1cc2cc(F)ccc2cn1. The van der Waals surface area contributed by atoms with Crippen LogP contribution in [0.1, 0.15) is 18.4 Å². The Hall–Kier alpha value is -5.48. The third kappa shape index (κ3) is 9.76. The lowest BCUT2D eigenvalue weighted by Crippen LogP contribution is -2.46. The Morgan fingerprint density at radius 1 is 1.09 bits per heavy atom. The number of amides is 3. The molecule has 0 aliphatic carbocycles. The van der Waals surface area contributed by atoms with Gasteiger partial charge in [-0.3, -0.25) is 5.32 Å². The molecule has 0 fully saturated rings. The zero-order valence-corrected chi connectivity index (χ0v) is 25.4. The van der Waals surface area contributed by atoms with Crippen molar-refractivity contribution in [2.45, 2.75) is 25.4 Å². The minimum Gasteiger partial charge on any atom is -0.447 e. The zero-order valence-electron chi connectivity index (χ0n) is 24.7. The van der Waals surface area contributed by atoms with Crippen LogP contribution in [-0.2, 0) is 11.3 Å². The van der Waals surface area contributed by atoms with Gasteiger partial charge in [-0.2, -0.15) is 5.26 Å². The summed E-state index contributed by atoms with van der Waals surface area (Å²) in [4.78, 5) is 35.5. The molecule has 46 heavy (non-hydrogen) atoms. The molecule has 4 rings (SSSR count). The third-order valence-corrected chi connectivity index (χ3v) is 7.15. The summed E-state index contributed by atoms with van der Waals surface area (Å²) >= 11 is 6.02. The van der Waals surface area contributed by atoms with E-state index >= 15 is 0 Å². The Morgan fingerprint density at radius 2 is 1.89 bits per heavy atom. The van der Waals surface area contributed by atoms with E-state index < -0.39 is 29.8 Å². The van der Waals surface area contributed by atoms with Gasteiger partial charge in [0.25, 0.3) is 0 Å². The number of pyridine rings is 1. The molecule has 3 N–H and O–H groups in total. The van der Waals surface area contributed by atoms with Gasteiger partial charge >= 0.3 is 18.1 Å². The molecule has 1 heterocycles. The number of benzene rings is 3. The summed E-state index contributed by atoms with van der Waals surface area (Å²) in [5.41, 5.74) is 0.392. The summed E-state index contributed by atoms with van der Waals surface area (Å²) in [6.45, 7) is -0.0238. The summed E-state index contributed by atoms with van der Waals surface area (Å²) in [7, 11) is 1.53. The molecule has 0 unspecified atom stereocenters. The van der Waals surface area contributed by atoms with Gasteiger partial charge in [0.1, 0.15) is 29.8 Å². The van der Waals surface area contributed by atoms with Crippen LogP contribution in [0.2, 0.25) is 5.02 Å². The van der Waals surface area contributed by atoms with Crippen LogP contribution in [0.15, 0.2) is 84.0 Å². The van der Waals surface area contributed by atoms with Crippen molar-refractivity contribution in [1.82, 2.24) is 20.5 Å². The highest BCUT2D eigenvalue weighted by molar-refractivity contribution is 6.31. The second-order valence-corrected chi connectivity index (χ2v) is 10.3. The number of nitriles is 1. The van der Waals surface area contributed by atoms with Crippen LogP contribution in [0.25, 0.3) is 10.8 Å². The van der Waals surface area contributed by atoms with Crippen molar-refractivity contribution in [3.63, 3.8) is 0 Å². The number of nitrogens with zero attached hydrogens (tertiary/aromatic N) is 4. The minimum atomic E-state index is -0.830. The molecule has 1 aromatic heterocycles. The van der Waals surface area contributed by atoms with E-state index in [9.17, 15) is 18.4 Å². The number of aliphatic imine (C=N–C) groups is 1. The van der Waals surface area contributed by atoms with Crippen LogP contribution in [0.3, 0.4) is 0 Å². The molecule has 0 spiro atoms. The number of rotatable bonds is 11. The lowest BCUT2D eigenvalue weighted by molar-refractivity contribution is 0.113. The molecule has 0 aliphatic rings. The number of carbonyl (C=O) groups is 2. The number of urea groups is 1. The van der Waals surface area contributed by atoms with E-state index in [2.05, 4.69) is 25.9 Å². The van der Waals surface area contributed by atoms with E-state index in [1.807, 2.05) is 6.07 Å². The van der Waals surface area contributed by atoms with Gasteiger partial charge in [-0.15, -0.1) is 0 Å². The van der Waals surface area contributed by atoms with Gasteiger partial charge in [0.2, 0.25) is 0 Å². The molecular formula is C32H30ClF2N7O4. The first-order valence-electron chi connectivity index (χ1n) is 14.1. The van der Waals surface area contributed by atoms with Gasteiger partial charge in [-0.05, 0) is 66.3 Å². The largest absolute Gasteiger partial charge is 0.447 e. The molecule has 11 nitrogen and oxygen atoms in total. The van der Waals surface area contributed by atoms with E-state index in [4.69, 9.17) is 26.3 Å².